The molecule has 1 atom stereocenters. The molecular weight excluding hydrogens is 238 g/mol. The average molecular weight is 253 g/mol. The van der Waals surface area contributed by atoms with Gasteiger partial charge in [0, 0.05) is 10.3 Å². The molecule has 1 N–H and O–H groups in total. The first-order valence-corrected chi connectivity index (χ1v) is 6.63. The van der Waals surface area contributed by atoms with Crippen LogP contribution in [0.4, 0.5) is 0 Å². The van der Waals surface area contributed by atoms with Gasteiger partial charge in [-0.3, -0.25) is 4.79 Å². The van der Waals surface area contributed by atoms with E-state index in [-0.39, 0.29) is 12.0 Å². The van der Waals surface area contributed by atoms with E-state index in [1.54, 1.807) is 6.92 Å². The van der Waals surface area contributed by atoms with Gasteiger partial charge in [-0.2, -0.15) is 0 Å². The van der Waals surface area contributed by atoms with Crippen LogP contribution in [-0.2, 0) is 16.0 Å². The first kappa shape index (κ1) is 12.1. The van der Waals surface area contributed by atoms with Crippen LogP contribution in [-0.4, -0.2) is 19.0 Å². The minimum atomic E-state index is -0.253. The molecule has 4 nitrogen and oxygen atoms in total. The van der Waals surface area contributed by atoms with Crippen LogP contribution in [0.5, 0.6) is 0 Å². The Morgan fingerprint density at radius 1 is 1.71 bits per heavy atom. The summed E-state index contributed by atoms with van der Waals surface area (Å²) >= 11 is 1.53. The smallest absolute Gasteiger partial charge is 0.339 e. The molecule has 1 amide bonds. The number of hydrogen-bond donors (Lipinski definition) is 1. The average Bonchev–Trinajstić information content (AvgIpc) is 2.74. The largest absolute Gasteiger partial charge is 0.462 e. The lowest BCUT2D eigenvalue weighted by atomic mass is 9.92. The second-order valence-electron chi connectivity index (χ2n) is 3.94. The van der Waals surface area contributed by atoms with Crippen molar-refractivity contribution in [3.8, 4) is 0 Å². The van der Waals surface area contributed by atoms with Gasteiger partial charge in [0.25, 0.3) is 0 Å². The number of nitrogens with one attached hydrogen (secondary N) is 1. The molecule has 0 saturated heterocycles. The van der Waals surface area contributed by atoms with Gasteiger partial charge in [0.05, 0.1) is 18.2 Å². The van der Waals surface area contributed by atoms with E-state index < -0.39 is 0 Å². The van der Waals surface area contributed by atoms with Crippen molar-refractivity contribution < 1.29 is 14.3 Å². The number of esters is 1. The number of thiophene rings is 1. The molecule has 0 unspecified atom stereocenters. The fraction of sp³-hybridized carbons (Fsp3) is 0.500. The Morgan fingerprint density at radius 2 is 2.53 bits per heavy atom. The Hall–Kier alpha value is -1.36. The van der Waals surface area contributed by atoms with Crippen molar-refractivity contribution in [3.05, 3.63) is 21.4 Å². The maximum absolute atomic E-state index is 11.7. The van der Waals surface area contributed by atoms with Crippen molar-refractivity contribution in [2.45, 2.75) is 32.2 Å². The molecule has 0 fully saturated rings. The van der Waals surface area contributed by atoms with Crippen LogP contribution in [0.1, 0.15) is 46.6 Å². The third-order valence-electron chi connectivity index (χ3n) is 2.93. The maximum Gasteiger partial charge on any atom is 0.339 e. The van der Waals surface area contributed by atoms with Crippen molar-refractivity contribution in [3.63, 3.8) is 0 Å². The van der Waals surface area contributed by atoms with E-state index in [2.05, 4.69) is 5.32 Å². The van der Waals surface area contributed by atoms with Crippen molar-refractivity contribution in [1.82, 2.24) is 5.32 Å². The molecule has 0 aliphatic heterocycles. The summed E-state index contributed by atoms with van der Waals surface area (Å²) in [5.41, 5.74) is 1.73. The predicted octanol–water partition coefficient (Wildman–Crippen LogP) is 2.05. The van der Waals surface area contributed by atoms with Gasteiger partial charge in [0.15, 0.2) is 0 Å². The Balaban J connectivity index is 2.27. The van der Waals surface area contributed by atoms with Gasteiger partial charge in [-0.1, -0.05) is 0 Å². The predicted molar refractivity (Wildman–Crippen MR) is 65.2 cm³/mol. The van der Waals surface area contributed by atoms with Crippen LogP contribution in [0, 0.1) is 0 Å². The van der Waals surface area contributed by atoms with Crippen LogP contribution in [0.3, 0.4) is 0 Å². The van der Waals surface area contributed by atoms with E-state index in [0.717, 1.165) is 36.1 Å². The number of carbonyl (C=O) groups is 2. The topological polar surface area (TPSA) is 55.4 Å². The summed E-state index contributed by atoms with van der Waals surface area (Å²) in [4.78, 5) is 23.4. The molecule has 0 spiro atoms. The molecule has 92 valence electrons. The second kappa shape index (κ2) is 5.31. The lowest BCUT2D eigenvalue weighted by molar-refractivity contribution is -0.110. The van der Waals surface area contributed by atoms with E-state index in [4.69, 9.17) is 4.74 Å². The van der Waals surface area contributed by atoms with Crippen LogP contribution in [0.2, 0.25) is 0 Å². The number of rotatable bonds is 4. The van der Waals surface area contributed by atoms with E-state index in [1.807, 2.05) is 5.38 Å². The molecule has 2 rings (SSSR count). The standard InChI is InChI=1S/C12H15NO3S/c1-2-16-12(15)9-6-17-11-8(9)4-3-5-10(11)13-7-14/h6-7,10H,2-5H2,1H3,(H,13,14)/t10-/m0/s1. The van der Waals surface area contributed by atoms with Crippen molar-refractivity contribution in [2.75, 3.05) is 6.61 Å². The Kier molecular flexibility index (Phi) is 3.78. The Labute approximate surface area is 104 Å². The summed E-state index contributed by atoms with van der Waals surface area (Å²) in [7, 11) is 0. The molecule has 17 heavy (non-hydrogen) atoms. The summed E-state index contributed by atoms with van der Waals surface area (Å²) in [5.74, 6) is -0.253. The van der Waals surface area contributed by atoms with Gasteiger partial charge >= 0.3 is 5.97 Å². The highest BCUT2D eigenvalue weighted by molar-refractivity contribution is 7.10. The molecule has 1 aromatic heterocycles. The number of carbonyl (C=O) groups excluding carboxylic acids is 2. The van der Waals surface area contributed by atoms with Crippen LogP contribution in [0.15, 0.2) is 5.38 Å². The number of fused-ring (bicyclic) bond motifs is 1. The summed E-state index contributed by atoms with van der Waals surface area (Å²) in [6.45, 7) is 2.19. The molecule has 1 aliphatic rings. The summed E-state index contributed by atoms with van der Waals surface area (Å²) in [6, 6.07) is 0.0597. The van der Waals surface area contributed by atoms with Gasteiger partial charge in [-0.15, -0.1) is 11.3 Å². The lowest BCUT2D eigenvalue weighted by Crippen LogP contribution is -2.23. The van der Waals surface area contributed by atoms with Gasteiger partial charge < -0.3 is 10.1 Å². The Morgan fingerprint density at radius 3 is 3.24 bits per heavy atom. The SMILES string of the molecule is CCOC(=O)c1csc2c1CCC[C@@H]2NC=O. The highest BCUT2D eigenvalue weighted by atomic mass is 32.1. The highest BCUT2D eigenvalue weighted by Crippen LogP contribution is 2.36. The maximum atomic E-state index is 11.7. The van der Waals surface area contributed by atoms with Crippen molar-refractivity contribution >= 4 is 23.7 Å². The third-order valence-corrected chi connectivity index (χ3v) is 4.07. The van der Waals surface area contributed by atoms with Crippen molar-refractivity contribution in [2.24, 2.45) is 0 Å². The minimum Gasteiger partial charge on any atom is -0.462 e. The fourth-order valence-electron chi connectivity index (χ4n) is 2.18. The zero-order valence-electron chi connectivity index (χ0n) is 9.69. The first-order valence-electron chi connectivity index (χ1n) is 5.75. The molecule has 0 bridgehead atoms. The molecule has 0 radical (unpaired) electrons. The van der Waals surface area contributed by atoms with Crippen LogP contribution >= 0.6 is 11.3 Å². The lowest BCUT2D eigenvalue weighted by Gasteiger charge is -2.22. The zero-order valence-corrected chi connectivity index (χ0v) is 10.5. The van der Waals surface area contributed by atoms with Gasteiger partial charge in [0.2, 0.25) is 6.41 Å². The number of amides is 1. The van der Waals surface area contributed by atoms with Gasteiger partial charge in [-0.25, -0.2) is 4.79 Å². The Bertz CT molecular complexity index is 427. The molecule has 5 heteroatoms. The molecule has 0 saturated carbocycles. The molecule has 0 aromatic carbocycles. The minimum absolute atomic E-state index is 0.0597. The van der Waals surface area contributed by atoms with E-state index in [9.17, 15) is 9.59 Å². The van der Waals surface area contributed by atoms with Gasteiger partial charge in [-0.05, 0) is 31.7 Å². The molecule has 1 aromatic rings. The van der Waals surface area contributed by atoms with Crippen molar-refractivity contribution in [1.29, 1.82) is 0 Å². The van der Waals surface area contributed by atoms with Crippen LogP contribution < -0.4 is 5.32 Å². The number of hydrogen-bond acceptors (Lipinski definition) is 4. The summed E-state index contributed by atoms with van der Waals surface area (Å²) in [6.07, 6.45) is 3.55. The summed E-state index contributed by atoms with van der Waals surface area (Å²) in [5, 5.41) is 4.64. The molecule has 1 aliphatic carbocycles. The number of ether oxygens (including phenoxy) is 1. The highest BCUT2D eigenvalue weighted by Gasteiger charge is 2.26. The fourth-order valence-corrected chi connectivity index (χ4v) is 3.37. The molecule has 1 heterocycles. The first-order chi connectivity index (χ1) is 8.27. The third kappa shape index (κ3) is 2.34. The van der Waals surface area contributed by atoms with Gasteiger partial charge in [0.1, 0.15) is 0 Å². The van der Waals surface area contributed by atoms with E-state index >= 15 is 0 Å². The van der Waals surface area contributed by atoms with Crippen LogP contribution in [0.25, 0.3) is 0 Å². The monoisotopic (exact) mass is 253 g/mol. The normalized spacial score (nSPS) is 18.3. The zero-order chi connectivity index (χ0) is 12.3. The van der Waals surface area contributed by atoms with E-state index in [0.29, 0.717) is 12.2 Å². The summed E-state index contributed by atoms with van der Waals surface area (Å²) < 4.78 is 5.03. The van der Waals surface area contributed by atoms with E-state index in [1.165, 1.54) is 11.3 Å². The quantitative estimate of drug-likeness (QED) is 0.660. The second-order valence-corrected chi connectivity index (χ2v) is 4.85. The molecular formula is C12H15NO3S.